The van der Waals surface area contributed by atoms with Crippen molar-refractivity contribution in [2.24, 2.45) is 0 Å². The van der Waals surface area contributed by atoms with Crippen molar-refractivity contribution in [3.63, 3.8) is 0 Å². The van der Waals surface area contributed by atoms with Crippen molar-refractivity contribution in [1.29, 1.82) is 0 Å². The molecule has 2 aliphatic heterocycles. The number of aromatic amines is 1. The Morgan fingerprint density at radius 1 is 0.680 bits per heavy atom. The fourth-order valence-corrected chi connectivity index (χ4v) is 4.98. The first-order valence-electron chi connectivity index (χ1n) is 15.7. The van der Waals surface area contributed by atoms with Gasteiger partial charge >= 0.3 is 0 Å². The van der Waals surface area contributed by atoms with Gasteiger partial charge in [0.25, 0.3) is 0 Å². The standard InChI is InChI=1S/C13H14FN3O.C8H6FN3.C8H12N2O.C5H3ClFN.ClH/c14-10-4-5-11(15-9-10)12-6-7-16-17(12)13-3-1-2-8-18-13;9-6-1-2-7(10-5-6)8-3-4-11-12-8;1-2-7-11-8(4-1)10-6-3-5-9-10;6-5-2-1-4(7)3-8-5;/h4-7,9,13H,1-3,8H2;1-5H,(H,11,12);3,5-6,8H,1-2,4,7H2;1-3H;1H. The van der Waals surface area contributed by atoms with E-state index in [0.29, 0.717) is 16.5 Å². The molecule has 8 heterocycles. The molecule has 16 heteroatoms. The molecule has 1 N–H and O–H groups in total. The second-order valence-electron chi connectivity index (χ2n) is 10.8. The number of pyridine rings is 3. The van der Waals surface area contributed by atoms with Crippen molar-refractivity contribution in [2.75, 3.05) is 13.2 Å². The molecule has 8 rings (SSSR count). The lowest BCUT2D eigenvalue weighted by molar-refractivity contribution is -0.0394. The lowest BCUT2D eigenvalue weighted by Crippen LogP contribution is -2.20. The van der Waals surface area contributed by atoms with Gasteiger partial charge in [-0.1, -0.05) is 11.6 Å². The Bertz CT molecular complexity index is 1740. The zero-order valence-electron chi connectivity index (χ0n) is 26.9. The maximum absolute atomic E-state index is 12.9. The number of nitrogens with zero attached hydrogens (tertiary/aromatic N) is 8. The van der Waals surface area contributed by atoms with E-state index in [1.807, 2.05) is 27.7 Å². The summed E-state index contributed by atoms with van der Waals surface area (Å²) in [7, 11) is 0. The number of nitrogens with one attached hydrogen (secondary N) is 1. The van der Waals surface area contributed by atoms with Gasteiger partial charge in [-0.2, -0.15) is 15.3 Å². The molecular weight excluding hydrogens is 694 g/mol. The van der Waals surface area contributed by atoms with Gasteiger partial charge in [0, 0.05) is 38.0 Å². The molecule has 6 aromatic heterocycles. The van der Waals surface area contributed by atoms with Gasteiger partial charge in [0.05, 0.1) is 41.4 Å². The van der Waals surface area contributed by atoms with E-state index in [1.54, 1.807) is 36.8 Å². The van der Waals surface area contributed by atoms with Crippen LogP contribution < -0.4 is 0 Å². The first-order valence-corrected chi connectivity index (χ1v) is 16.1. The molecular formula is C34H36Cl2F3N9O2. The molecule has 0 radical (unpaired) electrons. The maximum Gasteiger partial charge on any atom is 0.150 e. The molecule has 50 heavy (non-hydrogen) atoms. The predicted octanol–water partition coefficient (Wildman–Crippen LogP) is 8.27. The van der Waals surface area contributed by atoms with E-state index >= 15 is 0 Å². The van der Waals surface area contributed by atoms with Crippen molar-refractivity contribution in [3.8, 4) is 22.8 Å². The number of hydrogen-bond acceptors (Lipinski definition) is 8. The minimum atomic E-state index is -0.366. The summed E-state index contributed by atoms with van der Waals surface area (Å²) in [6.07, 6.45) is 17.5. The molecule has 2 saturated heterocycles. The number of ether oxygens (including phenoxy) is 2. The third-order valence-electron chi connectivity index (χ3n) is 7.26. The molecule has 2 unspecified atom stereocenters. The SMILES string of the molecule is Cl.Fc1ccc(-c2ccn[nH]2)nc1.Fc1ccc(-c2ccnn2C2CCCCO2)nc1.Fc1ccc(Cl)nc1.c1cnn(C2CCCCO2)c1. The van der Waals surface area contributed by atoms with Crippen LogP contribution in [0, 0.1) is 17.5 Å². The Morgan fingerprint density at radius 3 is 1.82 bits per heavy atom. The van der Waals surface area contributed by atoms with Crippen LogP contribution in [0.3, 0.4) is 0 Å². The molecule has 2 atom stereocenters. The van der Waals surface area contributed by atoms with Crippen LogP contribution in [0.4, 0.5) is 13.2 Å². The monoisotopic (exact) mass is 729 g/mol. The van der Waals surface area contributed by atoms with E-state index in [4.69, 9.17) is 21.1 Å². The quantitative estimate of drug-likeness (QED) is 0.180. The molecule has 2 aliphatic rings. The fraction of sp³-hybridized carbons (Fsp3) is 0.294. The third kappa shape index (κ3) is 11.8. The molecule has 6 aromatic rings. The number of H-pyrrole nitrogens is 1. The van der Waals surface area contributed by atoms with E-state index in [9.17, 15) is 13.2 Å². The summed E-state index contributed by atoms with van der Waals surface area (Å²) in [4.78, 5) is 11.4. The summed E-state index contributed by atoms with van der Waals surface area (Å²) in [5.41, 5.74) is 3.05. The highest BCUT2D eigenvalue weighted by Crippen LogP contribution is 2.27. The van der Waals surface area contributed by atoms with Crippen molar-refractivity contribution in [3.05, 3.63) is 121 Å². The van der Waals surface area contributed by atoms with Gasteiger partial charge in [-0.15, -0.1) is 12.4 Å². The number of rotatable bonds is 4. The molecule has 0 amide bonds. The minimum Gasteiger partial charge on any atom is -0.357 e. The Balaban J connectivity index is 0.000000155. The highest BCUT2D eigenvalue weighted by atomic mass is 35.5. The largest absolute Gasteiger partial charge is 0.357 e. The zero-order valence-corrected chi connectivity index (χ0v) is 28.4. The van der Waals surface area contributed by atoms with E-state index in [1.165, 1.54) is 49.5 Å². The molecule has 0 spiro atoms. The van der Waals surface area contributed by atoms with Gasteiger partial charge in [-0.25, -0.2) is 27.5 Å². The lowest BCUT2D eigenvalue weighted by Gasteiger charge is -2.24. The second kappa shape index (κ2) is 20.1. The summed E-state index contributed by atoms with van der Waals surface area (Å²) < 4.78 is 52.2. The molecule has 0 aromatic carbocycles. The number of aromatic nitrogens is 9. The zero-order chi connectivity index (χ0) is 34.3. The van der Waals surface area contributed by atoms with Crippen LogP contribution in [0.2, 0.25) is 5.15 Å². The Hall–Kier alpha value is -4.63. The van der Waals surface area contributed by atoms with Crippen molar-refractivity contribution in [2.45, 2.75) is 51.0 Å². The van der Waals surface area contributed by atoms with Crippen LogP contribution in [-0.4, -0.2) is 57.9 Å². The summed E-state index contributed by atoms with van der Waals surface area (Å²) >= 11 is 5.33. The highest BCUT2D eigenvalue weighted by molar-refractivity contribution is 6.29. The molecule has 2 fully saturated rings. The van der Waals surface area contributed by atoms with Gasteiger partial charge in [-0.05, 0) is 93.1 Å². The van der Waals surface area contributed by atoms with Crippen LogP contribution >= 0.6 is 24.0 Å². The van der Waals surface area contributed by atoms with Crippen LogP contribution in [-0.2, 0) is 9.47 Å². The van der Waals surface area contributed by atoms with Crippen LogP contribution in [0.25, 0.3) is 22.8 Å². The van der Waals surface area contributed by atoms with Crippen LogP contribution in [0.1, 0.15) is 51.0 Å². The summed E-state index contributed by atoms with van der Waals surface area (Å²) in [6.45, 7) is 1.64. The average Bonchev–Trinajstić information content (AvgIpc) is 3.96. The highest BCUT2D eigenvalue weighted by Gasteiger charge is 2.20. The van der Waals surface area contributed by atoms with E-state index in [-0.39, 0.29) is 42.3 Å². The third-order valence-corrected chi connectivity index (χ3v) is 7.48. The van der Waals surface area contributed by atoms with E-state index in [0.717, 1.165) is 56.5 Å². The summed E-state index contributed by atoms with van der Waals surface area (Å²) in [5, 5.41) is 15.2. The van der Waals surface area contributed by atoms with Crippen LogP contribution in [0.5, 0.6) is 0 Å². The summed E-state index contributed by atoms with van der Waals surface area (Å²) in [5.74, 6) is -1.04. The molecule has 0 aliphatic carbocycles. The van der Waals surface area contributed by atoms with Crippen LogP contribution in [0.15, 0.2) is 98.0 Å². The van der Waals surface area contributed by atoms with E-state index in [2.05, 4.69) is 35.3 Å². The maximum atomic E-state index is 12.9. The topological polar surface area (TPSA) is 121 Å². The molecule has 0 bridgehead atoms. The summed E-state index contributed by atoms with van der Waals surface area (Å²) in [6, 6.07) is 14.3. The molecule has 264 valence electrons. The normalized spacial score (nSPS) is 16.6. The molecule has 0 saturated carbocycles. The fourth-order valence-electron chi connectivity index (χ4n) is 4.87. The Kier molecular flexibility index (Phi) is 15.4. The van der Waals surface area contributed by atoms with Gasteiger partial charge in [-0.3, -0.25) is 15.1 Å². The van der Waals surface area contributed by atoms with Gasteiger partial charge in [0.15, 0.2) is 6.23 Å². The smallest absolute Gasteiger partial charge is 0.150 e. The van der Waals surface area contributed by atoms with E-state index < -0.39 is 0 Å². The van der Waals surface area contributed by atoms with Crippen molar-refractivity contribution >= 4 is 24.0 Å². The second-order valence-corrected chi connectivity index (χ2v) is 11.2. The predicted molar refractivity (Wildman–Crippen MR) is 184 cm³/mol. The van der Waals surface area contributed by atoms with Crippen molar-refractivity contribution < 1.29 is 22.6 Å². The first kappa shape index (κ1) is 38.2. The number of halogens is 5. The van der Waals surface area contributed by atoms with Crippen molar-refractivity contribution in [1.82, 2.24) is 44.7 Å². The average molecular weight is 731 g/mol. The molecule has 11 nitrogen and oxygen atoms in total. The van der Waals surface area contributed by atoms with Gasteiger partial charge < -0.3 is 9.47 Å². The minimum absolute atomic E-state index is 0. The van der Waals surface area contributed by atoms with Gasteiger partial charge in [0.1, 0.15) is 28.8 Å². The lowest BCUT2D eigenvalue weighted by atomic mass is 10.2. The Labute approximate surface area is 298 Å². The first-order chi connectivity index (χ1) is 24.0. The Morgan fingerprint density at radius 2 is 1.32 bits per heavy atom. The number of hydrogen-bond donors (Lipinski definition) is 1. The van der Waals surface area contributed by atoms with Gasteiger partial charge in [0.2, 0.25) is 0 Å².